The van der Waals surface area contributed by atoms with Gasteiger partial charge in [0.15, 0.2) is 5.78 Å². The zero-order valence-electron chi connectivity index (χ0n) is 18.0. The lowest BCUT2D eigenvalue weighted by Crippen LogP contribution is -2.39. The van der Waals surface area contributed by atoms with Crippen LogP contribution in [0, 0.1) is 0 Å². The van der Waals surface area contributed by atoms with E-state index in [0.717, 1.165) is 24.1 Å². The smallest absolute Gasteiger partial charge is 0.222 e. The maximum atomic E-state index is 12.2. The Kier molecular flexibility index (Phi) is 5.89. The molecule has 3 aromatic rings. The predicted octanol–water partition coefficient (Wildman–Crippen LogP) is 5.05. The van der Waals surface area contributed by atoms with Gasteiger partial charge in [0.2, 0.25) is 5.79 Å². The molecule has 5 rings (SSSR count). The molecule has 0 aliphatic carbocycles. The van der Waals surface area contributed by atoms with E-state index in [9.17, 15) is 4.79 Å². The van der Waals surface area contributed by atoms with E-state index >= 15 is 0 Å². The minimum absolute atomic E-state index is 0.0728. The van der Waals surface area contributed by atoms with E-state index in [0.29, 0.717) is 13.0 Å². The van der Waals surface area contributed by atoms with Crippen LogP contribution in [0.4, 0.5) is 0 Å². The van der Waals surface area contributed by atoms with Crippen molar-refractivity contribution < 1.29 is 14.3 Å². The number of carbonyl (C=O) groups is 1. The van der Waals surface area contributed by atoms with Crippen LogP contribution in [-0.4, -0.2) is 29.4 Å². The Morgan fingerprint density at radius 2 is 1.44 bits per heavy atom. The molecule has 3 aromatic carbocycles. The van der Waals surface area contributed by atoms with Crippen LogP contribution in [0.3, 0.4) is 0 Å². The zero-order chi connectivity index (χ0) is 21.8. The first kappa shape index (κ1) is 20.7. The van der Waals surface area contributed by atoms with Crippen molar-refractivity contribution in [3.63, 3.8) is 0 Å². The van der Waals surface area contributed by atoms with Crippen molar-refractivity contribution >= 4 is 5.78 Å². The number of allylic oxidation sites excluding steroid dienone is 1. The third kappa shape index (κ3) is 4.24. The van der Waals surface area contributed by atoms with Gasteiger partial charge in [0.05, 0.1) is 12.7 Å². The summed E-state index contributed by atoms with van der Waals surface area (Å²) in [5.41, 5.74) is 3.19. The number of nitrogens with zero attached hydrogens (tertiary/aromatic N) is 1. The van der Waals surface area contributed by atoms with Gasteiger partial charge < -0.3 is 14.4 Å². The van der Waals surface area contributed by atoms with E-state index in [4.69, 9.17) is 9.47 Å². The molecule has 0 radical (unpaired) electrons. The van der Waals surface area contributed by atoms with E-state index in [1.807, 2.05) is 85.1 Å². The summed E-state index contributed by atoms with van der Waals surface area (Å²) in [5.74, 6) is -0.762. The van der Waals surface area contributed by atoms with E-state index in [2.05, 4.69) is 17.0 Å². The second kappa shape index (κ2) is 9.11. The van der Waals surface area contributed by atoms with Gasteiger partial charge >= 0.3 is 0 Å². The first-order chi connectivity index (χ1) is 15.7. The predicted molar refractivity (Wildman–Crippen MR) is 124 cm³/mol. The molecule has 2 atom stereocenters. The van der Waals surface area contributed by atoms with Crippen LogP contribution in [0.25, 0.3) is 0 Å². The van der Waals surface area contributed by atoms with Crippen molar-refractivity contribution in [3.8, 4) is 0 Å². The molecule has 0 spiro atoms. The molecule has 4 nitrogen and oxygen atoms in total. The molecule has 0 bridgehead atoms. The summed E-state index contributed by atoms with van der Waals surface area (Å²) < 4.78 is 13.1. The van der Waals surface area contributed by atoms with Crippen molar-refractivity contribution in [1.82, 2.24) is 4.90 Å². The van der Waals surface area contributed by atoms with Gasteiger partial charge in [-0.25, -0.2) is 0 Å². The number of carbonyl (C=O) groups excluding carboxylic acids is 1. The van der Waals surface area contributed by atoms with Gasteiger partial charge in [0, 0.05) is 36.3 Å². The lowest BCUT2D eigenvalue weighted by Gasteiger charge is -2.35. The summed E-state index contributed by atoms with van der Waals surface area (Å²) in [7, 11) is 0. The molecule has 0 aromatic heterocycles. The van der Waals surface area contributed by atoms with Crippen LogP contribution < -0.4 is 0 Å². The molecule has 2 aliphatic heterocycles. The Balaban J connectivity index is 1.37. The fraction of sp³-hybridized carbons (Fsp3) is 0.250. The SMILES string of the molecule is O=C1C=CN(Cc2ccccc2)[C@H](C[C@@H]2COC(c3ccccc3)(c3ccccc3)O2)C1. The normalized spacial score (nSPS) is 22.2. The third-order valence-corrected chi connectivity index (χ3v) is 6.21. The molecule has 0 unspecified atom stereocenters. The number of ether oxygens (including phenoxy) is 2. The largest absolute Gasteiger partial charge is 0.369 e. The van der Waals surface area contributed by atoms with Gasteiger partial charge in [-0.2, -0.15) is 0 Å². The summed E-state index contributed by atoms with van der Waals surface area (Å²) in [5, 5.41) is 0. The van der Waals surface area contributed by atoms with Crippen molar-refractivity contribution in [2.45, 2.75) is 37.3 Å². The van der Waals surface area contributed by atoms with Crippen LogP contribution in [0.1, 0.15) is 29.5 Å². The Bertz CT molecular complexity index is 1030. The molecule has 2 aliphatic rings. The van der Waals surface area contributed by atoms with E-state index in [1.54, 1.807) is 6.08 Å². The van der Waals surface area contributed by atoms with E-state index < -0.39 is 5.79 Å². The average Bonchev–Trinajstić information content (AvgIpc) is 3.28. The highest BCUT2D eigenvalue weighted by Crippen LogP contribution is 2.42. The fourth-order valence-electron chi connectivity index (χ4n) is 4.63. The average molecular weight is 426 g/mol. The summed E-state index contributed by atoms with van der Waals surface area (Å²) >= 11 is 0. The highest BCUT2D eigenvalue weighted by Gasteiger charge is 2.45. The van der Waals surface area contributed by atoms with Gasteiger partial charge in [-0.3, -0.25) is 4.79 Å². The monoisotopic (exact) mass is 425 g/mol. The molecular formula is C28H27NO3. The van der Waals surface area contributed by atoms with Crippen molar-refractivity contribution in [2.75, 3.05) is 6.61 Å². The maximum absolute atomic E-state index is 12.2. The quantitative estimate of drug-likeness (QED) is 0.554. The third-order valence-electron chi connectivity index (χ3n) is 6.21. The second-order valence-corrected chi connectivity index (χ2v) is 8.43. The Labute approximate surface area is 189 Å². The summed E-state index contributed by atoms with van der Waals surface area (Å²) in [4.78, 5) is 14.5. The van der Waals surface area contributed by atoms with Crippen LogP contribution in [0.5, 0.6) is 0 Å². The molecule has 1 fully saturated rings. The Morgan fingerprint density at radius 3 is 2.06 bits per heavy atom. The molecular weight excluding hydrogens is 398 g/mol. The van der Waals surface area contributed by atoms with Crippen molar-refractivity contribution in [2.24, 2.45) is 0 Å². The molecule has 0 saturated carbocycles. The van der Waals surface area contributed by atoms with E-state index in [-0.39, 0.29) is 17.9 Å². The minimum atomic E-state index is -0.925. The number of hydrogen-bond acceptors (Lipinski definition) is 4. The molecule has 4 heteroatoms. The first-order valence-electron chi connectivity index (χ1n) is 11.2. The minimum Gasteiger partial charge on any atom is -0.369 e. The summed E-state index contributed by atoms with van der Waals surface area (Å²) in [6, 6.07) is 30.6. The van der Waals surface area contributed by atoms with Gasteiger partial charge in [-0.1, -0.05) is 91.0 Å². The molecule has 0 N–H and O–H groups in total. The number of benzene rings is 3. The number of hydrogen-bond donors (Lipinski definition) is 0. The van der Waals surface area contributed by atoms with Crippen LogP contribution in [0.2, 0.25) is 0 Å². The van der Waals surface area contributed by atoms with Gasteiger partial charge in [-0.05, 0) is 18.1 Å². The topological polar surface area (TPSA) is 38.8 Å². The lowest BCUT2D eigenvalue weighted by atomic mass is 9.96. The first-order valence-corrected chi connectivity index (χ1v) is 11.2. The van der Waals surface area contributed by atoms with Crippen molar-refractivity contribution in [1.29, 1.82) is 0 Å². The molecule has 1 saturated heterocycles. The van der Waals surface area contributed by atoms with Crippen LogP contribution >= 0.6 is 0 Å². The highest BCUT2D eigenvalue weighted by atomic mass is 16.7. The Morgan fingerprint density at radius 1 is 0.844 bits per heavy atom. The second-order valence-electron chi connectivity index (χ2n) is 8.43. The summed E-state index contributed by atoms with van der Waals surface area (Å²) in [6.45, 7) is 1.25. The van der Waals surface area contributed by atoms with Gasteiger partial charge in [0.1, 0.15) is 0 Å². The Hall–Kier alpha value is -3.21. The molecule has 0 amide bonds. The zero-order valence-corrected chi connectivity index (χ0v) is 18.0. The van der Waals surface area contributed by atoms with Gasteiger partial charge in [-0.15, -0.1) is 0 Å². The number of ketones is 1. The van der Waals surface area contributed by atoms with E-state index in [1.165, 1.54) is 5.56 Å². The van der Waals surface area contributed by atoms with Crippen LogP contribution in [-0.2, 0) is 26.6 Å². The van der Waals surface area contributed by atoms with Crippen LogP contribution in [0.15, 0.2) is 103 Å². The number of rotatable bonds is 6. The lowest BCUT2D eigenvalue weighted by molar-refractivity contribution is -0.145. The fourth-order valence-corrected chi connectivity index (χ4v) is 4.63. The van der Waals surface area contributed by atoms with Gasteiger partial charge in [0.25, 0.3) is 0 Å². The molecule has 32 heavy (non-hydrogen) atoms. The van der Waals surface area contributed by atoms with Crippen molar-refractivity contribution in [3.05, 3.63) is 120 Å². The summed E-state index contributed by atoms with van der Waals surface area (Å²) in [6.07, 6.45) is 4.72. The standard InChI is InChI=1S/C28H27NO3/c30-26-16-17-29(20-22-10-4-1-5-11-22)25(18-26)19-27-21-31-28(32-27,23-12-6-2-7-13-23)24-14-8-3-9-15-24/h1-17,25,27H,18-21H2/t25-,27+/m0/s1. The maximum Gasteiger partial charge on any atom is 0.222 e. The molecule has 162 valence electrons. The highest BCUT2D eigenvalue weighted by molar-refractivity contribution is 5.90. The molecule has 2 heterocycles.